The maximum atomic E-state index is 10.6. The van der Waals surface area contributed by atoms with Crippen molar-refractivity contribution >= 4 is 5.97 Å². The summed E-state index contributed by atoms with van der Waals surface area (Å²) in [7, 11) is 0. The second-order valence-corrected chi connectivity index (χ2v) is 3.23. The minimum atomic E-state index is -0.242. The van der Waals surface area contributed by atoms with E-state index >= 15 is 0 Å². The molecular weight excluding hydrogens is 166 g/mol. The molecule has 0 fully saturated rings. The molecule has 0 radical (unpaired) electrons. The Bertz CT molecular complexity index is 252. The van der Waals surface area contributed by atoms with Gasteiger partial charge in [0.2, 0.25) is 0 Å². The number of carbonyl (C=O) groups excluding carboxylic acids is 1. The summed E-state index contributed by atoms with van der Waals surface area (Å²) in [6.45, 7) is 1.41. The van der Waals surface area contributed by atoms with Crippen molar-refractivity contribution in [3.05, 3.63) is 12.2 Å². The lowest BCUT2D eigenvalue weighted by atomic mass is 9.92. The molecule has 0 saturated carbocycles. The van der Waals surface area contributed by atoms with Gasteiger partial charge in [-0.05, 0) is 24.8 Å². The molecule has 1 rings (SSSR count). The van der Waals surface area contributed by atoms with Crippen LogP contribution in [0, 0.1) is 17.2 Å². The fourth-order valence-corrected chi connectivity index (χ4v) is 1.45. The standard InChI is InChI=1S/C10H13NO2/c1-8(12)13-10-4-2-9(3-5-10)6-7-11/h2,4,9-10H,3,5-6H2,1H3. The van der Waals surface area contributed by atoms with E-state index in [-0.39, 0.29) is 12.1 Å². The summed E-state index contributed by atoms with van der Waals surface area (Å²) in [6.07, 6.45) is 6.11. The molecule has 2 unspecified atom stereocenters. The molecule has 0 amide bonds. The summed E-state index contributed by atoms with van der Waals surface area (Å²) in [5, 5.41) is 8.46. The van der Waals surface area contributed by atoms with E-state index in [1.807, 2.05) is 12.2 Å². The van der Waals surface area contributed by atoms with E-state index in [0.717, 1.165) is 12.8 Å². The van der Waals surface area contributed by atoms with Crippen LogP contribution in [0.15, 0.2) is 12.2 Å². The Balaban J connectivity index is 2.39. The molecule has 13 heavy (non-hydrogen) atoms. The van der Waals surface area contributed by atoms with E-state index in [4.69, 9.17) is 10.00 Å². The maximum absolute atomic E-state index is 10.6. The van der Waals surface area contributed by atoms with E-state index in [1.165, 1.54) is 6.92 Å². The Labute approximate surface area is 78.0 Å². The van der Waals surface area contributed by atoms with Crippen LogP contribution < -0.4 is 0 Å². The molecule has 0 aromatic heterocycles. The molecule has 1 aliphatic carbocycles. The fourth-order valence-electron chi connectivity index (χ4n) is 1.45. The minimum Gasteiger partial charge on any atom is -0.458 e. The molecule has 0 N–H and O–H groups in total. The number of hydrogen-bond acceptors (Lipinski definition) is 3. The van der Waals surface area contributed by atoms with Gasteiger partial charge < -0.3 is 4.74 Å². The monoisotopic (exact) mass is 179 g/mol. The summed E-state index contributed by atoms with van der Waals surface area (Å²) < 4.78 is 5.01. The molecule has 0 spiro atoms. The van der Waals surface area contributed by atoms with Crippen LogP contribution in [-0.4, -0.2) is 12.1 Å². The van der Waals surface area contributed by atoms with Crippen LogP contribution in [0.1, 0.15) is 26.2 Å². The number of ether oxygens (including phenoxy) is 1. The summed E-state index contributed by atoms with van der Waals surface area (Å²) in [5.74, 6) is 0.102. The zero-order valence-electron chi connectivity index (χ0n) is 7.69. The van der Waals surface area contributed by atoms with Gasteiger partial charge in [-0.15, -0.1) is 0 Å². The van der Waals surface area contributed by atoms with Crippen LogP contribution in [0.4, 0.5) is 0 Å². The third-order valence-electron chi connectivity index (χ3n) is 2.09. The summed E-state index contributed by atoms with van der Waals surface area (Å²) in [4.78, 5) is 10.6. The van der Waals surface area contributed by atoms with Crippen molar-refractivity contribution in [2.24, 2.45) is 5.92 Å². The molecule has 0 heterocycles. The normalized spacial score (nSPS) is 26.5. The highest BCUT2D eigenvalue weighted by Gasteiger charge is 2.16. The lowest BCUT2D eigenvalue weighted by Gasteiger charge is -2.20. The lowest BCUT2D eigenvalue weighted by Crippen LogP contribution is -2.18. The SMILES string of the molecule is CC(=O)OC1C=CC(CC#N)CC1. The highest BCUT2D eigenvalue weighted by atomic mass is 16.5. The Morgan fingerprint density at radius 2 is 2.38 bits per heavy atom. The molecule has 3 nitrogen and oxygen atoms in total. The van der Waals surface area contributed by atoms with Crippen molar-refractivity contribution in [1.82, 2.24) is 0 Å². The van der Waals surface area contributed by atoms with Crippen molar-refractivity contribution in [1.29, 1.82) is 5.26 Å². The van der Waals surface area contributed by atoms with Gasteiger partial charge in [0.25, 0.3) is 0 Å². The average Bonchev–Trinajstić information content (AvgIpc) is 2.08. The first-order valence-electron chi connectivity index (χ1n) is 4.45. The van der Waals surface area contributed by atoms with Crippen LogP contribution in [0.3, 0.4) is 0 Å². The first kappa shape index (κ1) is 9.79. The van der Waals surface area contributed by atoms with Gasteiger partial charge in [0.1, 0.15) is 6.10 Å². The van der Waals surface area contributed by atoms with Crippen LogP contribution in [0.25, 0.3) is 0 Å². The van der Waals surface area contributed by atoms with E-state index in [1.54, 1.807) is 0 Å². The number of hydrogen-bond donors (Lipinski definition) is 0. The van der Waals surface area contributed by atoms with Crippen molar-refractivity contribution in [2.75, 3.05) is 0 Å². The molecule has 0 aromatic rings. The second-order valence-electron chi connectivity index (χ2n) is 3.23. The Kier molecular flexibility index (Phi) is 3.51. The Morgan fingerprint density at radius 1 is 1.62 bits per heavy atom. The van der Waals surface area contributed by atoms with Crippen molar-refractivity contribution < 1.29 is 9.53 Å². The first-order valence-corrected chi connectivity index (χ1v) is 4.45. The highest BCUT2D eigenvalue weighted by molar-refractivity contribution is 5.66. The van der Waals surface area contributed by atoms with Gasteiger partial charge in [0.15, 0.2) is 0 Å². The predicted molar refractivity (Wildman–Crippen MR) is 47.6 cm³/mol. The zero-order valence-corrected chi connectivity index (χ0v) is 7.69. The van der Waals surface area contributed by atoms with E-state index < -0.39 is 0 Å². The maximum Gasteiger partial charge on any atom is 0.303 e. The molecule has 0 saturated heterocycles. The van der Waals surface area contributed by atoms with Crippen molar-refractivity contribution in [3.63, 3.8) is 0 Å². The van der Waals surface area contributed by atoms with Crippen LogP contribution in [-0.2, 0) is 9.53 Å². The first-order chi connectivity index (χ1) is 6.22. The number of rotatable bonds is 2. The lowest BCUT2D eigenvalue weighted by molar-refractivity contribution is -0.144. The van der Waals surface area contributed by atoms with Crippen molar-refractivity contribution in [2.45, 2.75) is 32.3 Å². The van der Waals surface area contributed by atoms with E-state index in [0.29, 0.717) is 12.3 Å². The molecule has 1 aliphatic rings. The van der Waals surface area contributed by atoms with Gasteiger partial charge in [0.05, 0.1) is 6.07 Å². The van der Waals surface area contributed by atoms with Gasteiger partial charge in [-0.2, -0.15) is 5.26 Å². The second kappa shape index (κ2) is 4.66. The van der Waals surface area contributed by atoms with Gasteiger partial charge >= 0.3 is 5.97 Å². The molecule has 70 valence electrons. The largest absolute Gasteiger partial charge is 0.458 e. The number of esters is 1. The molecule has 3 heteroatoms. The molecule has 0 bridgehead atoms. The molecule has 0 aromatic carbocycles. The predicted octanol–water partition coefficient (Wildman–Crippen LogP) is 1.80. The minimum absolute atomic E-state index is 0.0764. The summed E-state index contributed by atoms with van der Waals surface area (Å²) in [5.41, 5.74) is 0. The summed E-state index contributed by atoms with van der Waals surface area (Å²) in [6, 6.07) is 2.13. The Hall–Kier alpha value is -1.30. The molecule has 0 aliphatic heterocycles. The number of allylic oxidation sites excluding steroid dienone is 1. The number of nitrogens with zero attached hydrogens (tertiary/aromatic N) is 1. The number of nitriles is 1. The Morgan fingerprint density at radius 3 is 2.85 bits per heavy atom. The van der Waals surface area contributed by atoms with Crippen molar-refractivity contribution in [3.8, 4) is 6.07 Å². The summed E-state index contributed by atoms with van der Waals surface area (Å²) >= 11 is 0. The highest BCUT2D eigenvalue weighted by Crippen LogP contribution is 2.21. The van der Waals surface area contributed by atoms with Gasteiger partial charge in [-0.1, -0.05) is 6.08 Å². The van der Waals surface area contributed by atoms with E-state index in [2.05, 4.69) is 6.07 Å². The average molecular weight is 179 g/mol. The third kappa shape index (κ3) is 3.29. The third-order valence-corrected chi connectivity index (χ3v) is 2.09. The molecule has 2 atom stereocenters. The van der Waals surface area contributed by atoms with Crippen LogP contribution >= 0.6 is 0 Å². The smallest absolute Gasteiger partial charge is 0.303 e. The fraction of sp³-hybridized carbons (Fsp3) is 0.600. The molecular formula is C10H13NO2. The number of carbonyl (C=O) groups is 1. The zero-order chi connectivity index (χ0) is 9.68. The van der Waals surface area contributed by atoms with E-state index in [9.17, 15) is 4.79 Å². The van der Waals surface area contributed by atoms with Gasteiger partial charge in [-0.25, -0.2) is 0 Å². The topological polar surface area (TPSA) is 50.1 Å². The van der Waals surface area contributed by atoms with Gasteiger partial charge in [-0.3, -0.25) is 4.79 Å². The quantitative estimate of drug-likeness (QED) is 0.479. The van der Waals surface area contributed by atoms with Crippen LogP contribution in [0.5, 0.6) is 0 Å². The van der Waals surface area contributed by atoms with Crippen LogP contribution in [0.2, 0.25) is 0 Å². The van der Waals surface area contributed by atoms with Gasteiger partial charge in [0, 0.05) is 13.3 Å².